The summed E-state index contributed by atoms with van der Waals surface area (Å²) in [6.45, 7) is 0.318. The number of rotatable bonds is 9. The van der Waals surface area contributed by atoms with E-state index in [-0.39, 0.29) is 12.4 Å². The Labute approximate surface area is 188 Å². The molecule has 10 heteroatoms. The van der Waals surface area contributed by atoms with Crippen LogP contribution in [0.25, 0.3) is 0 Å². The predicted octanol–water partition coefficient (Wildman–Crippen LogP) is 3.33. The number of benzene rings is 1. The molecule has 0 aliphatic heterocycles. The summed E-state index contributed by atoms with van der Waals surface area (Å²) in [6.07, 6.45) is 3.82. The maximum absolute atomic E-state index is 12.1. The Morgan fingerprint density at radius 3 is 2.44 bits per heavy atom. The molecule has 140 valence electrons. The number of sulfonamides is 1. The fourth-order valence-electron chi connectivity index (χ4n) is 1.91. The molecule has 0 amide bonds. The molecule has 0 atom stereocenters. The van der Waals surface area contributed by atoms with Crippen LogP contribution in [0.3, 0.4) is 0 Å². The van der Waals surface area contributed by atoms with Crippen molar-refractivity contribution in [1.29, 1.82) is 0 Å². The highest BCUT2D eigenvalue weighted by Gasteiger charge is 2.14. The number of hydrogen-bond donors (Lipinski definition) is 0. The molecular weight excluding hydrogens is 687 g/mol. The summed E-state index contributed by atoms with van der Waals surface area (Å²) < 4.78 is 32.9. The molecule has 0 spiro atoms. The summed E-state index contributed by atoms with van der Waals surface area (Å²) >= 11 is 6.49. The summed E-state index contributed by atoms with van der Waals surface area (Å²) in [6, 6.07) is 3.81. The maximum atomic E-state index is 12.1. The van der Waals surface area contributed by atoms with Gasteiger partial charge in [0.15, 0.2) is 0 Å². The minimum absolute atomic E-state index is 0.117. The normalized spacial score (nSPS) is 12.2. The van der Waals surface area contributed by atoms with E-state index in [9.17, 15) is 18.3 Å². The molecule has 0 heterocycles. The molecule has 0 N–H and O–H groups in total. The van der Waals surface area contributed by atoms with E-state index in [1.807, 2.05) is 12.1 Å². The number of halogens is 3. The maximum Gasteiger partial charge on any atom is 0.339 e. The predicted molar refractivity (Wildman–Crippen MR) is 120 cm³/mol. The van der Waals surface area contributed by atoms with Crippen molar-refractivity contribution in [3.63, 3.8) is 0 Å². The molecular formula is C15H17I3NO5S-. The lowest BCUT2D eigenvalue weighted by molar-refractivity contribution is -0.218. The van der Waals surface area contributed by atoms with E-state index in [1.165, 1.54) is 0 Å². The number of nitrogens with zero attached hydrogens (tertiary/aromatic N) is 1. The highest BCUT2D eigenvalue weighted by molar-refractivity contribution is 14.1. The second-order valence-electron chi connectivity index (χ2n) is 5.27. The lowest BCUT2D eigenvalue weighted by Crippen LogP contribution is -2.18. The van der Waals surface area contributed by atoms with E-state index in [2.05, 4.69) is 72.2 Å². The fourth-order valence-corrected chi connectivity index (χ4v) is 4.75. The third kappa shape index (κ3) is 9.70. The zero-order valence-corrected chi connectivity index (χ0v) is 20.7. The first-order valence-corrected chi connectivity index (χ1v) is 12.5. The first-order chi connectivity index (χ1) is 11.6. The van der Waals surface area contributed by atoms with E-state index in [0.717, 1.165) is 29.8 Å². The van der Waals surface area contributed by atoms with E-state index >= 15 is 0 Å². The van der Waals surface area contributed by atoms with E-state index in [0.29, 0.717) is 25.0 Å². The molecule has 0 aromatic heterocycles. The molecule has 0 aliphatic carbocycles. The number of esters is 1. The topological polar surface area (TPSA) is 95.9 Å². The number of carbonyl (C=O) groups excluding carboxylic acids is 1. The first kappa shape index (κ1) is 23.3. The Kier molecular flexibility index (Phi) is 10.5. The Bertz CT molecular complexity index is 750. The van der Waals surface area contributed by atoms with Gasteiger partial charge in [-0.05, 0) is 105 Å². The van der Waals surface area contributed by atoms with E-state index in [4.69, 9.17) is 4.74 Å². The van der Waals surface area contributed by atoms with Crippen molar-refractivity contribution in [2.24, 2.45) is 4.40 Å². The molecule has 25 heavy (non-hydrogen) atoms. The van der Waals surface area contributed by atoms with Crippen LogP contribution < -0.4 is 5.11 Å². The van der Waals surface area contributed by atoms with Gasteiger partial charge in [0, 0.05) is 10.7 Å². The van der Waals surface area contributed by atoms with Gasteiger partial charge in [-0.2, -0.15) is 4.40 Å². The second-order valence-corrected chi connectivity index (χ2v) is 10.4. The smallest absolute Gasteiger partial charge is 0.339 e. The fraction of sp³-hybridized carbons (Fsp3) is 0.467. The molecule has 1 aromatic carbocycles. The van der Waals surface area contributed by atoms with Gasteiger partial charge in [-0.3, -0.25) is 0 Å². The van der Waals surface area contributed by atoms with Crippen LogP contribution in [0.2, 0.25) is 0 Å². The third-order valence-electron chi connectivity index (χ3n) is 3.00. The highest BCUT2D eigenvalue weighted by Crippen LogP contribution is 2.23. The Morgan fingerprint density at radius 2 is 1.80 bits per heavy atom. The number of carbonyl (C=O) groups is 1. The van der Waals surface area contributed by atoms with Crippen molar-refractivity contribution >= 4 is 89.7 Å². The van der Waals surface area contributed by atoms with Gasteiger partial charge in [0.2, 0.25) is 10.0 Å². The summed E-state index contributed by atoms with van der Waals surface area (Å²) in [5.74, 6) is -0.945. The van der Waals surface area contributed by atoms with Crippen molar-refractivity contribution in [3.8, 4) is 0 Å². The Hall–Kier alpha value is 0.300. The summed E-state index contributed by atoms with van der Waals surface area (Å²) in [7, 11) is -3.60. The Balaban J connectivity index is 2.28. The van der Waals surface area contributed by atoms with Crippen molar-refractivity contribution in [3.05, 3.63) is 28.4 Å². The molecule has 1 rings (SSSR count). The largest absolute Gasteiger partial charge is 0.861 e. The third-order valence-corrected chi connectivity index (χ3v) is 7.20. The van der Waals surface area contributed by atoms with Crippen LogP contribution in [0.15, 0.2) is 16.5 Å². The van der Waals surface area contributed by atoms with Crippen LogP contribution in [-0.2, 0) is 14.8 Å². The molecule has 0 unspecified atom stereocenters. The zero-order chi connectivity index (χ0) is 19.0. The van der Waals surface area contributed by atoms with Crippen LogP contribution in [0, 0.1) is 10.7 Å². The van der Waals surface area contributed by atoms with Gasteiger partial charge >= 0.3 is 5.97 Å². The first-order valence-electron chi connectivity index (χ1n) is 7.37. The average Bonchev–Trinajstić information content (AvgIpc) is 2.47. The summed E-state index contributed by atoms with van der Waals surface area (Å²) in [5.41, 5.74) is 0.574. The number of hydrogen-bond acceptors (Lipinski definition) is 5. The molecule has 0 aliphatic rings. The van der Waals surface area contributed by atoms with Gasteiger partial charge in [0.25, 0.3) is 0 Å². The van der Waals surface area contributed by atoms with Crippen LogP contribution in [0.1, 0.15) is 42.5 Å². The number of ether oxygens (including phenoxy) is 1. The molecule has 6 nitrogen and oxygen atoms in total. The van der Waals surface area contributed by atoms with Crippen molar-refractivity contribution in [1.82, 2.24) is 0 Å². The molecule has 0 fully saturated rings. The lowest BCUT2D eigenvalue weighted by atomic mass is 10.1. The van der Waals surface area contributed by atoms with Gasteiger partial charge in [-0.1, -0.05) is 12.8 Å². The average molecular weight is 704 g/mol. The molecule has 0 saturated heterocycles. The molecule has 0 saturated carbocycles. The SMILES string of the molecule is CS(=O)(=O)/N=C(\[O-])CCCCCCOC(=O)c1cc(I)cc(I)c1I. The summed E-state index contributed by atoms with van der Waals surface area (Å²) in [5, 5.41) is 11.3. The van der Waals surface area contributed by atoms with Gasteiger partial charge in [0.05, 0.1) is 18.4 Å². The van der Waals surface area contributed by atoms with E-state index < -0.39 is 15.9 Å². The van der Waals surface area contributed by atoms with Gasteiger partial charge in [-0.15, -0.1) is 0 Å². The zero-order valence-electron chi connectivity index (χ0n) is 13.4. The summed E-state index contributed by atoms with van der Waals surface area (Å²) in [4.78, 5) is 12.1. The highest BCUT2D eigenvalue weighted by atomic mass is 127. The van der Waals surface area contributed by atoms with Gasteiger partial charge < -0.3 is 9.84 Å². The van der Waals surface area contributed by atoms with Gasteiger partial charge in [-0.25, -0.2) is 13.2 Å². The number of unbranched alkanes of at least 4 members (excludes halogenated alkanes) is 3. The Morgan fingerprint density at radius 1 is 1.16 bits per heavy atom. The van der Waals surface area contributed by atoms with E-state index in [1.54, 1.807) is 0 Å². The quantitative estimate of drug-likeness (QED) is 0.0983. The lowest BCUT2D eigenvalue weighted by Gasteiger charge is -2.10. The van der Waals surface area contributed by atoms with Gasteiger partial charge in [0.1, 0.15) is 0 Å². The standard InChI is InChI=1S/C15H18I3NO5S/c1-25(22,23)19-13(20)6-4-2-3-5-7-24-15(21)11-8-10(16)9-12(17)14(11)18/h8-9H,2-7H2,1H3,(H,19,20)/p-1. The minimum atomic E-state index is -3.60. The molecule has 0 radical (unpaired) electrons. The molecule has 1 aromatic rings. The van der Waals surface area contributed by atoms with Crippen molar-refractivity contribution in [2.45, 2.75) is 32.1 Å². The minimum Gasteiger partial charge on any atom is -0.861 e. The molecule has 0 bridgehead atoms. The van der Waals surface area contributed by atoms with Crippen molar-refractivity contribution < 1.29 is 23.1 Å². The monoisotopic (exact) mass is 704 g/mol. The second kappa shape index (κ2) is 11.2. The van der Waals surface area contributed by atoms with Crippen LogP contribution in [0.4, 0.5) is 0 Å². The van der Waals surface area contributed by atoms with Crippen molar-refractivity contribution in [2.75, 3.05) is 12.9 Å². The van der Waals surface area contributed by atoms with Crippen LogP contribution in [0.5, 0.6) is 0 Å². The van der Waals surface area contributed by atoms with Crippen LogP contribution in [-0.4, -0.2) is 33.1 Å². The van der Waals surface area contributed by atoms with Crippen LogP contribution >= 0.6 is 67.8 Å².